The van der Waals surface area contributed by atoms with Gasteiger partial charge in [-0.1, -0.05) is 0 Å². The largest absolute Gasteiger partial charge is 0.494 e. The molecule has 5 rings (SSSR count). The molecule has 0 saturated carbocycles. The van der Waals surface area contributed by atoms with Crippen molar-refractivity contribution in [3.63, 3.8) is 0 Å². The highest BCUT2D eigenvalue weighted by Crippen LogP contribution is 2.40. The van der Waals surface area contributed by atoms with Gasteiger partial charge in [-0.25, -0.2) is 9.50 Å². The second kappa shape index (κ2) is 6.50. The SMILES string of the molecule is COc1cc(-c2ccc(N3CC4(CCNCC4)C3)nc2)cn2ncc(C#N)c12. The number of ether oxygens (including phenoxy) is 1. The van der Waals surface area contributed by atoms with E-state index < -0.39 is 0 Å². The van der Waals surface area contributed by atoms with Crippen LogP contribution in [-0.2, 0) is 0 Å². The number of hydrogen-bond donors (Lipinski definition) is 1. The van der Waals surface area contributed by atoms with Gasteiger partial charge in [0.25, 0.3) is 0 Å². The van der Waals surface area contributed by atoms with Crippen molar-refractivity contribution in [3.8, 4) is 22.9 Å². The van der Waals surface area contributed by atoms with E-state index >= 15 is 0 Å². The minimum absolute atomic E-state index is 0.489. The van der Waals surface area contributed by atoms with Gasteiger partial charge >= 0.3 is 0 Å². The summed E-state index contributed by atoms with van der Waals surface area (Å²) in [6.07, 6.45) is 7.89. The number of hydrogen-bond acceptors (Lipinski definition) is 6. The number of piperidine rings is 1. The number of fused-ring (bicyclic) bond motifs is 1. The molecule has 5 heterocycles. The minimum Gasteiger partial charge on any atom is -0.494 e. The zero-order valence-electron chi connectivity index (χ0n) is 15.9. The molecule has 1 N–H and O–H groups in total. The van der Waals surface area contributed by atoms with Crippen molar-refractivity contribution in [2.75, 3.05) is 38.2 Å². The lowest BCUT2D eigenvalue weighted by Crippen LogP contribution is -2.60. The third kappa shape index (κ3) is 2.69. The molecule has 2 aliphatic rings. The van der Waals surface area contributed by atoms with Gasteiger partial charge in [0.2, 0.25) is 0 Å². The van der Waals surface area contributed by atoms with Crippen molar-refractivity contribution < 1.29 is 4.74 Å². The first-order chi connectivity index (χ1) is 13.7. The summed E-state index contributed by atoms with van der Waals surface area (Å²) in [5.41, 5.74) is 3.62. The molecule has 7 nitrogen and oxygen atoms in total. The highest BCUT2D eigenvalue weighted by atomic mass is 16.5. The molecule has 0 aromatic carbocycles. The van der Waals surface area contributed by atoms with Crippen molar-refractivity contribution in [2.24, 2.45) is 5.41 Å². The lowest BCUT2D eigenvalue weighted by molar-refractivity contribution is 0.149. The fourth-order valence-corrected chi connectivity index (χ4v) is 4.42. The number of nitriles is 1. The van der Waals surface area contributed by atoms with Crippen LogP contribution in [-0.4, -0.2) is 47.9 Å². The van der Waals surface area contributed by atoms with E-state index in [-0.39, 0.29) is 0 Å². The standard InChI is InChI=1S/C21H22N6O/c1-28-18-8-16(12-27-20(18)17(9-22)11-25-27)15-2-3-19(24-10-15)26-13-21(14-26)4-6-23-7-5-21/h2-3,8,10-12,23H,4-7,13-14H2,1H3. The summed E-state index contributed by atoms with van der Waals surface area (Å²) >= 11 is 0. The summed E-state index contributed by atoms with van der Waals surface area (Å²) in [5.74, 6) is 1.66. The zero-order valence-corrected chi connectivity index (χ0v) is 15.9. The molecule has 0 atom stereocenters. The Labute approximate surface area is 163 Å². The molecule has 2 saturated heterocycles. The number of pyridine rings is 2. The van der Waals surface area contributed by atoms with Crippen LogP contribution in [0.2, 0.25) is 0 Å². The highest BCUT2D eigenvalue weighted by molar-refractivity contribution is 5.75. The van der Waals surface area contributed by atoms with Gasteiger partial charge in [0.15, 0.2) is 0 Å². The molecule has 0 aliphatic carbocycles. The van der Waals surface area contributed by atoms with E-state index in [1.54, 1.807) is 17.8 Å². The molecule has 142 valence electrons. The normalized spacial score (nSPS) is 18.1. The Kier molecular flexibility index (Phi) is 3.95. The van der Waals surface area contributed by atoms with Crippen LogP contribution < -0.4 is 15.0 Å². The Balaban J connectivity index is 1.40. The molecule has 0 unspecified atom stereocenters. The zero-order chi connectivity index (χ0) is 19.1. The molecule has 0 radical (unpaired) electrons. The number of methoxy groups -OCH3 is 1. The summed E-state index contributed by atoms with van der Waals surface area (Å²) in [6, 6.07) is 8.26. The van der Waals surface area contributed by atoms with Crippen LogP contribution in [0.5, 0.6) is 5.75 Å². The topological polar surface area (TPSA) is 78.5 Å². The van der Waals surface area contributed by atoms with E-state index in [2.05, 4.69) is 33.5 Å². The molecular formula is C21H22N6O. The maximum atomic E-state index is 9.26. The monoisotopic (exact) mass is 374 g/mol. The highest BCUT2D eigenvalue weighted by Gasteiger charge is 2.43. The molecule has 1 spiro atoms. The van der Waals surface area contributed by atoms with Crippen LogP contribution >= 0.6 is 0 Å². The number of aromatic nitrogens is 3. The summed E-state index contributed by atoms with van der Waals surface area (Å²) in [6.45, 7) is 4.47. The summed E-state index contributed by atoms with van der Waals surface area (Å²) < 4.78 is 7.19. The predicted octanol–water partition coefficient (Wildman–Crippen LogP) is 2.47. The van der Waals surface area contributed by atoms with Gasteiger partial charge in [-0.2, -0.15) is 10.4 Å². The van der Waals surface area contributed by atoms with E-state index in [1.807, 2.05) is 18.5 Å². The van der Waals surface area contributed by atoms with Gasteiger partial charge in [-0.3, -0.25) is 0 Å². The van der Waals surface area contributed by atoms with E-state index in [0.717, 1.165) is 43.1 Å². The molecule has 7 heteroatoms. The Morgan fingerprint density at radius 2 is 2.00 bits per heavy atom. The van der Waals surface area contributed by atoms with Crippen molar-refractivity contribution >= 4 is 11.3 Å². The fourth-order valence-electron chi connectivity index (χ4n) is 4.42. The minimum atomic E-state index is 0.489. The summed E-state index contributed by atoms with van der Waals surface area (Å²) in [5, 5.41) is 17.0. The van der Waals surface area contributed by atoms with Crippen molar-refractivity contribution in [1.82, 2.24) is 19.9 Å². The Hall–Kier alpha value is -3.11. The molecule has 3 aromatic heterocycles. The van der Waals surface area contributed by atoms with Crippen LogP contribution in [0.3, 0.4) is 0 Å². The van der Waals surface area contributed by atoms with E-state index in [4.69, 9.17) is 9.72 Å². The van der Waals surface area contributed by atoms with Crippen LogP contribution in [0.4, 0.5) is 5.82 Å². The third-order valence-corrected chi connectivity index (χ3v) is 6.04. The summed E-state index contributed by atoms with van der Waals surface area (Å²) in [7, 11) is 1.61. The Morgan fingerprint density at radius 3 is 2.68 bits per heavy atom. The average Bonchev–Trinajstić information content (AvgIpc) is 3.15. The number of rotatable bonds is 3. The van der Waals surface area contributed by atoms with Crippen molar-refractivity contribution in [3.05, 3.63) is 42.4 Å². The predicted molar refractivity (Wildman–Crippen MR) is 106 cm³/mol. The van der Waals surface area contributed by atoms with Crippen LogP contribution in [0.1, 0.15) is 18.4 Å². The van der Waals surface area contributed by atoms with Crippen LogP contribution in [0, 0.1) is 16.7 Å². The number of nitrogens with one attached hydrogen (secondary N) is 1. The molecular weight excluding hydrogens is 352 g/mol. The molecule has 3 aromatic rings. The molecule has 2 aliphatic heterocycles. The quantitative estimate of drug-likeness (QED) is 0.759. The molecule has 0 bridgehead atoms. The van der Waals surface area contributed by atoms with Gasteiger partial charge in [0.1, 0.15) is 28.7 Å². The van der Waals surface area contributed by atoms with E-state index in [0.29, 0.717) is 22.2 Å². The van der Waals surface area contributed by atoms with Crippen LogP contribution in [0.25, 0.3) is 16.6 Å². The first-order valence-corrected chi connectivity index (χ1v) is 9.59. The van der Waals surface area contributed by atoms with Gasteiger partial charge in [-0.15, -0.1) is 0 Å². The lowest BCUT2D eigenvalue weighted by atomic mass is 9.72. The molecule has 2 fully saturated rings. The Bertz CT molecular complexity index is 1050. The lowest BCUT2D eigenvalue weighted by Gasteiger charge is -2.53. The molecule has 28 heavy (non-hydrogen) atoms. The van der Waals surface area contributed by atoms with Crippen molar-refractivity contribution in [2.45, 2.75) is 12.8 Å². The average molecular weight is 374 g/mol. The summed E-state index contributed by atoms with van der Waals surface area (Å²) in [4.78, 5) is 7.07. The van der Waals surface area contributed by atoms with E-state index in [9.17, 15) is 5.26 Å². The van der Waals surface area contributed by atoms with Gasteiger partial charge in [-0.05, 0) is 44.1 Å². The van der Waals surface area contributed by atoms with Crippen molar-refractivity contribution in [1.29, 1.82) is 5.26 Å². The van der Waals surface area contributed by atoms with Gasteiger partial charge in [0, 0.05) is 42.0 Å². The van der Waals surface area contributed by atoms with Gasteiger partial charge in [0.05, 0.1) is 13.3 Å². The number of nitrogens with zero attached hydrogens (tertiary/aromatic N) is 5. The second-order valence-electron chi connectivity index (χ2n) is 7.77. The first-order valence-electron chi connectivity index (χ1n) is 9.59. The Morgan fingerprint density at radius 1 is 1.18 bits per heavy atom. The molecule has 0 amide bonds. The fraction of sp³-hybridized carbons (Fsp3) is 0.381. The van der Waals surface area contributed by atoms with E-state index in [1.165, 1.54) is 12.8 Å². The third-order valence-electron chi connectivity index (χ3n) is 6.04. The second-order valence-corrected chi connectivity index (χ2v) is 7.77. The van der Waals surface area contributed by atoms with Gasteiger partial charge < -0.3 is 15.0 Å². The number of anilines is 1. The smallest absolute Gasteiger partial charge is 0.146 e. The maximum absolute atomic E-state index is 9.26. The first kappa shape index (κ1) is 17.0. The maximum Gasteiger partial charge on any atom is 0.146 e. The van der Waals surface area contributed by atoms with Crippen LogP contribution in [0.15, 0.2) is 36.8 Å².